The van der Waals surface area contributed by atoms with Crippen LogP contribution in [0.3, 0.4) is 0 Å². The molecule has 0 saturated carbocycles. The van der Waals surface area contributed by atoms with Gasteiger partial charge in [-0.3, -0.25) is 0 Å². The summed E-state index contributed by atoms with van der Waals surface area (Å²) >= 11 is 0. The molecule has 0 bridgehead atoms. The standard InChI is InChI=1S/C12H19N3O3S/c1-2-19(17,18)8-7-14-12(16)15-11-5-3-10(9-13)4-6-11/h3-6H,2,7-9,13H2,1H3,(H2,14,15,16). The third-order valence-electron chi connectivity index (χ3n) is 2.59. The molecule has 106 valence electrons. The van der Waals surface area contributed by atoms with Crippen LogP contribution in [0.25, 0.3) is 0 Å². The van der Waals surface area contributed by atoms with Crippen molar-refractivity contribution in [2.24, 2.45) is 5.73 Å². The first kappa shape index (κ1) is 15.5. The van der Waals surface area contributed by atoms with Gasteiger partial charge in [0, 0.05) is 24.5 Å². The Morgan fingerprint density at radius 1 is 1.26 bits per heavy atom. The fourth-order valence-electron chi connectivity index (χ4n) is 1.36. The first-order valence-corrected chi connectivity index (χ1v) is 7.83. The fraction of sp³-hybridized carbons (Fsp3) is 0.417. The number of amides is 2. The summed E-state index contributed by atoms with van der Waals surface area (Å²) in [4.78, 5) is 11.5. The van der Waals surface area contributed by atoms with Crippen molar-refractivity contribution in [3.05, 3.63) is 29.8 Å². The number of nitrogens with two attached hydrogens (primary N) is 1. The number of carbonyl (C=O) groups excluding carboxylic acids is 1. The molecule has 19 heavy (non-hydrogen) atoms. The second-order valence-electron chi connectivity index (χ2n) is 4.02. The van der Waals surface area contributed by atoms with Crippen LogP contribution in [-0.4, -0.2) is 32.5 Å². The Hall–Kier alpha value is -1.60. The van der Waals surface area contributed by atoms with Crippen LogP contribution < -0.4 is 16.4 Å². The summed E-state index contributed by atoms with van der Waals surface area (Å²) in [5.74, 6) is 0.0277. The van der Waals surface area contributed by atoms with Gasteiger partial charge in [-0.2, -0.15) is 0 Å². The van der Waals surface area contributed by atoms with Gasteiger partial charge in [-0.1, -0.05) is 19.1 Å². The van der Waals surface area contributed by atoms with Gasteiger partial charge in [0.25, 0.3) is 0 Å². The van der Waals surface area contributed by atoms with E-state index >= 15 is 0 Å². The van der Waals surface area contributed by atoms with E-state index in [1.165, 1.54) is 0 Å². The zero-order valence-corrected chi connectivity index (χ0v) is 11.7. The second kappa shape index (κ2) is 7.10. The average molecular weight is 285 g/mol. The largest absolute Gasteiger partial charge is 0.337 e. The quantitative estimate of drug-likeness (QED) is 0.716. The smallest absolute Gasteiger partial charge is 0.319 e. The van der Waals surface area contributed by atoms with Crippen LogP contribution in [0.2, 0.25) is 0 Å². The van der Waals surface area contributed by atoms with E-state index in [0.29, 0.717) is 12.2 Å². The molecule has 0 unspecified atom stereocenters. The van der Waals surface area contributed by atoms with E-state index in [1.54, 1.807) is 19.1 Å². The van der Waals surface area contributed by atoms with Gasteiger partial charge >= 0.3 is 6.03 Å². The predicted molar refractivity (Wildman–Crippen MR) is 75.7 cm³/mol. The highest BCUT2D eigenvalue weighted by Crippen LogP contribution is 2.08. The van der Waals surface area contributed by atoms with Crippen molar-refractivity contribution in [2.45, 2.75) is 13.5 Å². The minimum atomic E-state index is -3.05. The maximum Gasteiger partial charge on any atom is 0.319 e. The number of rotatable bonds is 6. The molecule has 1 aromatic carbocycles. The van der Waals surface area contributed by atoms with Crippen molar-refractivity contribution in [1.82, 2.24) is 5.32 Å². The van der Waals surface area contributed by atoms with Gasteiger partial charge in [-0.15, -0.1) is 0 Å². The lowest BCUT2D eigenvalue weighted by Gasteiger charge is -2.08. The van der Waals surface area contributed by atoms with E-state index in [9.17, 15) is 13.2 Å². The lowest BCUT2D eigenvalue weighted by atomic mass is 10.2. The van der Waals surface area contributed by atoms with Crippen LogP contribution in [0.1, 0.15) is 12.5 Å². The molecule has 0 fully saturated rings. The second-order valence-corrected chi connectivity index (χ2v) is 6.49. The lowest BCUT2D eigenvalue weighted by Crippen LogP contribution is -2.33. The number of urea groups is 1. The van der Waals surface area contributed by atoms with E-state index in [2.05, 4.69) is 10.6 Å². The number of hydrogen-bond donors (Lipinski definition) is 3. The van der Waals surface area contributed by atoms with E-state index in [-0.39, 0.29) is 18.1 Å². The molecular formula is C12H19N3O3S. The Bertz CT molecular complexity index is 512. The van der Waals surface area contributed by atoms with Gasteiger partial charge in [0.15, 0.2) is 9.84 Å². The average Bonchev–Trinajstić information content (AvgIpc) is 2.39. The summed E-state index contributed by atoms with van der Waals surface area (Å²) in [5, 5.41) is 5.11. The lowest BCUT2D eigenvalue weighted by molar-refractivity contribution is 0.252. The highest BCUT2D eigenvalue weighted by atomic mass is 32.2. The highest BCUT2D eigenvalue weighted by molar-refractivity contribution is 7.91. The van der Waals surface area contributed by atoms with Crippen molar-refractivity contribution in [1.29, 1.82) is 0 Å². The molecule has 1 aromatic rings. The zero-order chi connectivity index (χ0) is 14.3. The Morgan fingerprint density at radius 2 is 1.89 bits per heavy atom. The molecular weight excluding hydrogens is 266 g/mol. The molecule has 2 amide bonds. The molecule has 0 radical (unpaired) electrons. The van der Waals surface area contributed by atoms with Gasteiger partial charge < -0.3 is 16.4 Å². The summed E-state index contributed by atoms with van der Waals surface area (Å²) in [6, 6.07) is 6.69. The molecule has 0 aliphatic carbocycles. The molecule has 0 heterocycles. The van der Waals surface area contributed by atoms with E-state index in [4.69, 9.17) is 5.73 Å². The number of hydrogen-bond acceptors (Lipinski definition) is 4. The highest BCUT2D eigenvalue weighted by Gasteiger charge is 2.08. The van der Waals surface area contributed by atoms with Gasteiger partial charge in [0.1, 0.15) is 0 Å². The number of anilines is 1. The summed E-state index contributed by atoms with van der Waals surface area (Å²) in [5.41, 5.74) is 7.07. The van der Waals surface area contributed by atoms with Gasteiger partial charge in [0.2, 0.25) is 0 Å². The third kappa shape index (κ3) is 5.71. The Balaban J connectivity index is 2.38. The topological polar surface area (TPSA) is 101 Å². The Kier molecular flexibility index (Phi) is 5.78. The van der Waals surface area contributed by atoms with Crippen LogP contribution in [0.4, 0.5) is 10.5 Å². The van der Waals surface area contributed by atoms with Crippen molar-refractivity contribution in [3.8, 4) is 0 Å². The molecule has 0 atom stereocenters. The van der Waals surface area contributed by atoms with Crippen LogP contribution in [0.15, 0.2) is 24.3 Å². The molecule has 0 spiro atoms. The number of nitrogens with one attached hydrogen (secondary N) is 2. The minimum absolute atomic E-state index is 0.0525. The van der Waals surface area contributed by atoms with Crippen molar-refractivity contribution in [2.75, 3.05) is 23.4 Å². The maximum atomic E-state index is 11.5. The molecule has 4 N–H and O–H groups in total. The molecule has 0 aromatic heterocycles. The van der Waals surface area contributed by atoms with Crippen molar-refractivity contribution >= 4 is 21.6 Å². The summed E-state index contributed by atoms with van der Waals surface area (Å²) in [7, 11) is -3.05. The molecule has 6 nitrogen and oxygen atoms in total. The summed E-state index contributed by atoms with van der Waals surface area (Å²) in [6.45, 7) is 2.12. The fourth-order valence-corrected chi connectivity index (χ4v) is 2.07. The van der Waals surface area contributed by atoms with Crippen molar-refractivity contribution in [3.63, 3.8) is 0 Å². The van der Waals surface area contributed by atoms with Gasteiger partial charge in [-0.05, 0) is 17.7 Å². The number of carbonyl (C=O) groups is 1. The number of sulfone groups is 1. The molecule has 0 aliphatic rings. The third-order valence-corrected chi connectivity index (χ3v) is 4.29. The number of benzene rings is 1. The van der Waals surface area contributed by atoms with Crippen LogP contribution in [0.5, 0.6) is 0 Å². The van der Waals surface area contributed by atoms with Gasteiger partial charge in [-0.25, -0.2) is 13.2 Å². The van der Waals surface area contributed by atoms with E-state index < -0.39 is 15.9 Å². The predicted octanol–water partition coefficient (Wildman–Crippen LogP) is 0.702. The van der Waals surface area contributed by atoms with Crippen LogP contribution in [-0.2, 0) is 16.4 Å². The SMILES string of the molecule is CCS(=O)(=O)CCNC(=O)Nc1ccc(CN)cc1. The summed E-state index contributed by atoms with van der Waals surface area (Å²) < 4.78 is 22.5. The minimum Gasteiger partial charge on any atom is -0.337 e. The molecule has 0 aliphatic heterocycles. The van der Waals surface area contributed by atoms with Gasteiger partial charge in [0.05, 0.1) is 5.75 Å². The monoisotopic (exact) mass is 285 g/mol. The molecule has 7 heteroatoms. The van der Waals surface area contributed by atoms with E-state index in [0.717, 1.165) is 5.56 Å². The Labute approximate surface area is 113 Å². The first-order valence-electron chi connectivity index (χ1n) is 6.01. The van der Waals surface area contributed by atoms with E-state index in [1.807, 2.05) is 12.1 Å². The molecule has 1 rings (SSSR count). The summed E-state index contributed by atoms with van der Waals surface area (Å²) in [6.07, 6.45) is 0. The van der Waals surface area contributed by atoms with Crippen molar-refractivity contribution < 1.29 is 13.2 Å². The van der Waals surface area contributed by atoms with Crippen LogP contribution >= 0.6 is 0 Å². The normalized spacial score (nSPS) is 11.1. The maximum absolute atomic E-state index is 11.5. The zero-order valence-electron chi connectivity index (χ0n) is 10.8. The van der Waals surface area contributed by atoms with Crippen LogP contribution in [0, 0.1) is 0 Å². The first-order chi connectivity index (χ1) is 8.96. The molecule has 0 saturated heterocycles. The Morgan fingerprint density at radius 3 is 2.42 bits per heavy atom.